The first-order valence-corrected chi connectivity index (χ1v) is 16.5. The van der Waals surface area contributed by atoms with Crippen LogP contribution in [0.2, 0.25) is 0 Å². The zero-order valence-electron chi connectivity index (χ0n) is 6.65. The van der Waals surface area contributed by atoms with Gasteiger partial charge in [0.1, 0.15) is 0 Å². The molecule has 0 fully saturated rings. The third kappa shape index (κ3) is 4.22. The summed E-state index contributed by atoms with van der Waals surface area (Å²) in [6.45, 7) is 2.04. The number of aryl methyl sites for hydroxylation is 1. The van der Waals surface area contributed by atoms with Crippen molar-refractivity contribution in [1.82, 2.24) is 0 Å². The summed E-state index contributed by atoms with van der Waals surface area (Å²) in [6.07, 6.45) is 0. The Morgan fingerprint density at radius 3 is 2.00 bits per heavy atom. The van der Waals surface area contributed by atoms with Crippen LogP contribution in [0.25, 0.3) is 0 Å². The molecule has 66 valence electrons. The van der Waals surface area contributed by atoms with Crippen molar-refractivity contribution < 1.29 is 0 Å². The molecule has 0 aliphatic heterocycles. The molecule has 0 saturated carbocycles. The van der Waals surface area contributed by atoms with Gasteiger partial charge in [0.15, 0.2) is 0 Å². The Kier molecular flexibility index (Phi) is 4.03. The second kappa shape index (κ2) is 4.40. The Balaban J connectivity index is 2.71. The fraction of sp³-hybridized carbons (Fsp3) is 0.250. The van der Waals surface area contributed by atoms with E-state index in [0.717, 1.165) is 5.56 Å². The Hall–Kier alpha value is 0.889. The molecule has 1 aromatic carbocycles. The molecule has 12 heavy (non-hydrogen) atoms. The van der Waals surface area contributed by atoms with Crippen LogP contribution in [-0.2, 0) is 4.44 Å². The molecule has 0 saturated heterocycles. The SMILES string of the molecule is Cc1ccc([CH2][Sn]([Cl])([Cl])[Cl])cc1. The van der Waals surface area contributed by atoms with Crippen molar-refractivity contribution in [2.24, 2.45) is 0 Å². The van der Waals surface area contributed by atoms with Crippen LogP contribution >= 0.6 is 26.8 Å². The van der Waals surface area contributed by atoms with Crippen molar-refractivity contribution in [3.05, 3.63) is 35.4 Å². The summed E-state index contributed by atoms with van der Waals surface area (Å²) < 4.78 is 0.666. The Morgan fingerprint density at radius 2 is 1.58 bits per heavy atom. The first-order chi connectivity index (χ1) is 5.47. The maximum atomic E-state index is 5.85. The van der Waals surface area contributed by atoms with Crippen molar-refractivity contribution >= 4 is 41.8 Å². The van der Waals surface area contributed by atoms with Gasteiger partial charge in [0.2, 0.25) is 0 Å². The molecule has 0 amide bonds. The van der Waals surface area contributed by atoms with E-state index in [1.54, 1.807) is 0 Å². The second-order valence-electron chi connectivity index (χ2n) is 2.78. The summed E-state index contributed by atoms with van der Waals surface area (Å²) >= 11 is -3.17. The molecule has 0 N–H and O–H groups in total. The average Bonchev–Trinajstić information content (AvgIpc) is 1.91. The molecule has 0 unspecified atom stereocenters. The number of hydrogen-bond donors (Lipinski definition) is 0. The Morgan fingerprint density at radius 1 is 1.08 bits per heavy atom. The molecule has 0 aliphatic rings. The van der Waals surface area contributed by atoms with Crippen LogP contribution < -0.4 is 0 Å². The number of benzene rings is 1. The molecule has 0 spiro atoms. The third-order valence-electron chi connectivity index (χ3n) is 1.53. The first kappa shape index (κ1) is 11.0. The van der Waals surface area contributed by atoms with Crippen LogP contribution in [0, 0.1) is 6.92 Å². The summed E-state index contributed by atoms with van der Waals surface area (Å²) in [6, 6.07) is 8.12. The van der Waals surface area contributed by atoms with Crippen LogP contribution in [0.15, 0.2) is 24.3 Å². The van der Waals surface area contributed by atoms with Gasteiger partial charge in [-0.3, -0.25) is 0 Å². The standard InChI is InChI=1S/C8H9.3ClH.Sn/c1-7-3-5-8(2)6-4-7;;;;/h3-6H,1H2,2H3;3*1H;/q;;;;+3/p-3. The maximum absolute atomic E-state index is 5.85. The molecule has 0 aromatic heterocycles. The third-order valence-corrected chi connectivity index (χ3v) is 6.52. The predicted molar refractivity (Wildman–Crippen MR) is 58.2 cm³/mol. The second-order valence-corrected chi connectivity index (χ2v) is 24.2. The van der Waals surface area contributed by atoms with Gasteiger partial charge in [0.05, 0.1) is 0 Å². The van der Waals surface area contributed by atoms with E-state index in [2.05, 4.69) is 0 Å². The van der Waals surface area contributed by atoms with Crippen molar-refractivity contribution in [3.8, 4) is 0 Å². The molecule has 0 atom stereocenters. The Labute approximate surface area is 87.8 Å². The topological polar surface area (TPSA) is 0 Å². The van der Waals surface area contributed by atoms with Gasteiger partial charge in [0, 0.05) is 0 Å². The van der Waals surface area contributed by atoms with Gasteiger partial charge in [0.25, 0.3) is 0 Å². The molecule has 0 nitrogen and oxygen atoms in total. The summed E-state index contributed by atoms with van der Waals surface area (Å²) in [5.41, 5.74) is 2.37. The number of rotatable bonds is 2. The van der Waals surface area contributed by atoms with Crippen molar-refractivity contribution in [2.45, 2.75) is 11.4 Å². The molecular weight excluding hydrogens is 321 g/mol. The molecule has 0 radical (unpaired) electrons. The van der Waals surface area contributed by atoms with Gasteiger partial charge < -0.3 is 0 Å². The fourth-order valence-electron chi connectivity index (χ4n) is 0.937. The number of hydrogen-bond acceptors (Lipinski definition) is 0. The fourth-order valence-corrected chi connectivity index (χ4v) is 6.04. The molecule has 0 bridgehead atoms. The predicted octanol–water partition coefficient (Wildman–Crippen LogP) is 3.73. The normalized spacial score (nSPS) is 11.7. The van der Waals surface area contributed by atoms with E-state index in [0.29, 0.717) is 4.44 Å². The minimum absolute atomic E-state index is 0.666. The Bertz CT molecular complexity index is 250. The van der Waals surface area contributed by atoms with Crippen LogP contribution in [-0.4, -0.2) is 15.0 Å². The van der Waals surface area contributed by atoms with E-state index in [4.69, 9.17) is 26.8 Å². The van der Waals surface area contributed by atoms with Crippen molar-refractivity contribution in [2.75, 3.05) is 0 Å². The van der Waals surface area contributed by atoms with E-state index >= 15 is 0 Å². The number of halogens is 3. The van der Waals surface area contributed by atoms with E-state index in [1.807, 2.05) is 31.2 Å². The van der Waals surface area contributed by atoms with Crippen LogP contribution in [0.3, 0.4) is 0 Å². The van der Waals surface area contributed by atoms with Gasteiger partial charge in [-0.15, -0.1) is 0 Å². The first-order valence-electron chi connectivity index (χ1n) is 3.60. The molecule has 0 heterocycles. The van der Waals surface area contributed by atoms with Gasteiger partial charge in [-0.1, -0.05) is 0 Å². The zero-order chi connectivity index (χ0) is 9.19. The molecule has 0 aliphatic carbocycles. The van der Waals surface area contributed by atoms with Crippen LogP contribution in [0.5, 0.6) is 0 Å². The minimum atomic E-state index is -3.17. The van der Waals surface area contributed by atoms with Gasteiger partial charge >= 0.3 is 88.5 Å². The van der Waals surface area contributed by atoms with Crippen LogP contribution in [0.1, 0.15) is 11.1 Å². The summed E-state index contributed by atoms with van der Waals surface area (Å²) in [4.78, 5) is 0. The van der Waals surface area contributed by atoms with Crippen molar-refractivity contribution in [3.63, 3.8) is 0 Å². The van der Waals surface area contributed by atoms with Crippen molar-refractivity contribution in [1.29, 1.82) is 0 Å². The van der Waals surface area contributed by atoms with Gasteiger partial charge in [-0.2, -0.15) is 0 Å². The van der Waals surface area contributed by atoms with E-state index in [-0.39, 0.29) is 0 Å². The molecule has 1 aromatic rings. The molecule has 4 heteroatoms. The van der Waals surface area contributed by atoms with E-state index < -0.39 is 15.0 Å². The van der Waals surface area contributed by atoms with Gasteiger partial charge in [-0.25, -0.2) is 0 Å². The summed E-state index contributed by atoms with van der Waals surface area (Å²) in [7, 11) is 17.5. The molecular formula is C8H9Cl3Sn. The van der Waals surface area contributed by atoms with Crippen LogP contribution in [0.4, 0.5) is 0 Å². The zero-order valence-corrected chi connectivity index (χ0v) is 11.8. The summed E-state index contributed by atoms with van der Waals surface area (Å²) in [5, 5.41) is 0. The van der Waals surface area contributed by atoms with E-state index in [1.165, 1.54) is 5.56 Å². The van der Waals surface area contributed by atoms with E-state index in [9.17, 15) is 0 Å². The summed E-state index contributed by atoms with van der Waals surface area (Å²) in [5.74, 6) is 0. The van der Waals surface area contributed by atoms with Gasteiger partial charge in [-0.05, 0) is 0 Å². The average molecular weight is 330 g/mol. The quantitative estimate of drug-likeness (QED) is 0.725. The monoisotopic (exact) mass is 330 g/mol. The molecule has 1 rings (SSSR count).